The van der Waals surface area contributed by atoms with Crippen LogP contribution in [0, 0.1) is 18.6 Å². The summed E-state index contributed by atoms with van der Waals surface area (Å²) >= 11 is 1.61. The normalized spacial score (nSPS) is 12.7. The third-order valence-corrected chi connectivity index (χ3v) is 3.67. The summed E-state index contributed by atoms with van der Waals surface area (Å²) in [5, 5.41) is 3.06. The largest absolute Gasteiger partial charge is 0.309 e. The summed E-state index contributed by atoms with van der Waals surface area (Å²) in [6.45, 7) is 2.00. The molecule has 90 valence electrons. The van der Waals surface area contributed by atoms with Crippen molar-refractivity contribution < 1.29 is 8.78 Å². The van der Waals surface area contributed by atoms with Gasteiger partial charge in [0.15, 0.2) is 0 Å². The second-order valence-corrected chi connectivity index (χ2v) is 5.16. The van der Waals surface area contributed by atoms with Crippen LogP contribution in [0.2, 0.25) is 0 Å². The average Bonchev–Trinajstić information content (AvgIpc) is 2.69. The number of benzene rings is 1. The lowest BCUT2D eigenvalue weighted by Crippen LogP contribution is -2.17. The van der Waals surface area contributed by atoms with Gasteiger partial charge in [0, 0.05) is 21.4 Å². The van der Waals surface area contributed by atoms with Crippen LogP contribution in [0.25, 0.3) is 0 Å². The van der Waals surface area contributed by atoms with Gasteiger partial charge in [0.05, 0.1) is 6.04 Å². The highest BCUT2D eigenvalue weighted by Gasteiger charge is 2.17. The van der Waals surface area contributed by atoms with Crippen LogP contribution in [-0.2, 0) is 0 Å². The van der Waals surface area contributed by atoms with Gasteiger partial charge in [-0.15, -0.1) is 11.3 Å². The van der Waals surface area contributed by atoms with Crippen molar-refractivity contribution >= 4 is 11.3 Å². The molecule has 1 heterocycles. The molecule has 0 saturated carbocycles. The van der Waals surface area contributed by atoms with E-state index in [1.54, 1.807) is 18.4 Å². The van der Waals surface area contributed by atoms with E-state index in [2.05, 4.69) is 5.32 Å². The maximum absolute atomic E-state index is 13.7. The molecule has 0 bridgehead atoms. The smallest absolute Gasteiger partial charge is 0.131 e. The molecule has 1 atom stereocenters. The Balaban J connectivity index is 2.42. The summed E-state index contributed by atoms with van der Waals surface area (Å²) in [6, 6.07) is 7.41. The summed E-state index contributed by atoms with van der Waals surface area (Å²) < 4.78 is 26.6. The molecule has 0 radical (unpaired) electrons. The van der Waals surface area contributed by atoms with Crippen molar-refractivity contribution in [2.24, 2.45) is 0 Å². The molecule has 1 unspecified atom stereocenters. The van der Waals surface area contributed by atoms with Gasteiger partial charge in [0.25, 0.3) is 0 Å². The van der Waals surface area contributed by atoms with Gasteiger partial charge in [0.1, 0.15) is 11.6 Å². The molecule has 2 rings (SSSR count). The van der Waals surface area contributed by atoms with Crippen molar-refractivity contribution in [2.45, 2.75) is 13.0 Å². The molecule has 1 N–H and O–H groups in total. The van der Waals surface area contributed by atoms with E-state index in [0.717, 1.165) is 10.9 Å². The first-order chi connectivity index (χ1) is 8.11. The van der Waals surface area contributed by atoms with E-state index in [4.69, 9.17) is 0 Å². The number of aryl methyl sites for hydroxylation is 1. The first kappa shape index (κ1) is 12.2. The molecule has 17 heavy (non-hydrogen) atoms. The molecule has 2 aromatic rings. The zero-order valence-electron chi connectivity index (χ0n) is 9.63. The number of thiophene rings is 1. The van der Waals surface area contributed by atoms with Crippen molar-refractivity contribution in [3.8, 4) is 0 Å². The molecule has 0 aliphatic heterocycles. The highest BCUT2D eigenvalue weighted by molar-refractivity contribution is 7.12. The molecule has 0 aliphatic carbocycles. The van der Waals surface area contributed by atoms with Gasteiger partial charge in [-0.2, -0.15) is 0 Å². The minimum Gasteiger partial charge on any atom is -0.309 e. The first-order valence-electron chi connectivity index (χ1n) is 5.30. The molecular weight excluding hydrogens is 240 g/mol. The van der Waals surface area contributed by atoms with Crippen LogP contribution in [-0.4, -0.2) is 7.05 Å². The zero-order valence-corrected chi connectivity index (χ0v) is 10.4. The molecule has 1 nitrogen and oxygen atoms in total. The van der Waals surface area contributed by atoms with Crippen molar-refractivity contribution in [3.05, 3.63) is 57.3 Å². The quantitative estimate of drug-likeness (QED) is 0.880. The number of halogens is 2. The Labute approximate surface area is 103 Å². The molecule has 0 saturated heterocycles. The van der Waals surface area contributed by atoms with Crippen LogP contribution in [0.15, 0.2) is 30.3 Å². The van der Waals surface area contributed by atoms with Crippen LogP contribution in [0.5, 0.6) is 0 Å². The highest BCUT2D eigenvalue weighted by Crippen LogP contribution is 2.29. The topological polar surface area (TPSA) is 12.0 Å². The summed E-state index contributed by atoms with van der Waals surface area (Å²) in [4.78, 5) is 2.19. The molecule has 0 amide bonds. The van der Waals surface area contributed by atoms with Crippen LogP contribution in [0.3, 0.4) is 0 Å². The van der Waals surface area contributed by atoms with E-state index in [-0.39, 0.29) is 6.04 Å². The second-order valence-electron chi connectivity index (χ2n) is 3.84. The predicted octanol–water partition coefficient (Wildman–Crippen LogP) is 3.64. The lowest BCUT2D eigenvalue weighted by Gasteiger charge is -2.15. The van der Waals surface area contributed by atoms with Crippen LogP contribution >= 0.6 is 11.3 Å². The maximum atomic E-state index is 13.7. The van der Waals surface area contributed by atoms with Gasteiger partial charge >= 0.3 is 0 Å². The van der Waals surface area contributed by atoms with Crippen molar-refractivity contribution in [3.63, 3.8) is 0 Å². The van der Waals surface area contributed by atoms with Gasteiger partial charge < -0.3 is 5.32 Å². The van der Waals surface area contributed by atoms with Gasteiger partial charge in [0.2, 0.25) is 0 Å². The van der Waals surface area contributed by atoms with Crippen molar-refractivity contribution in [2.75, 3.05) is 7.05 Å². The Kier molecular flexibility index (Phi) is 3.54. The first-order valence-corrected chi connectivity index (χ1v) is 6.12. The molecule has 0 spiro atoms. The minimum atomic E-state index is -0.552. The second kappa shape index (κ2) is 4.94. The van der Waals surface area contributed by atoms with Crippen molar-refractivity contribution in [1.82, 2.24) is 5.32 Å². The van der Waals surface area contributed by atoms with E-state index in [0.29, 0.717) is 5.56 Å². The van der Waals surface area contributed by atoms with E-state index in [9.17, 15) is 8.78 Å². The molecule has 0 aliphatic rings. The fraction of sp³-hybridized carbons (Fsp3) is 0.231. The molecular formula is C13H13F2NS. The minimum absolute atomic E-state index is 0.228. The van der Waals surface area contributed by atoms with Gasteiger partial charge in [-0.3, -0.25) is 0 Å². The maximum Gasteiger partial charge on any atom is 0.131 e. The third-order valence-electron chi connectivity index (χ3n) is 2.61. The van der Waals surface area contributed by atoms with Crippen LogP contribution in [0.4, 0.5) is 8.78 Å². The number of hydrogen-bond acceptors (Lipinski definition) is 2. The van der Waals surface area contributed by atoms with E-state index < -0.39 is 11.6 Å². The lowest BCUT2D eigenvalue weighted by molar-refractivity contribution is 0.553. The lowest BCUT2D eigenvalue weighted by atomic mass is 10.0. The Morgan fingerprint density at radius 3 is 2.47 bits per heavy atom. The van der Waals surface area contributed by atoms with Gasteiger partial charge in [-0.1, -0.05) is 6.07 Å². The molecule has 1 aromatic heterocycles. The summed E-state index contributed by atoms with van der Waals surface area (Å²) in [7, 11) is 1.77. The summed E-state index contributed by atoms with van der Waals surface area (Å²) in [5.41, 5.74) is 0.468. The summed E-state index contributed by atoms with van der Waals surface area (Å²) in [5.74, 6) is -1.07. The Bertz CT molecular complexity index is 522. The fourth-order valence-electron chi connectivity index (χ4n) is 1.80. The van der Waals surface area contributed by atoms with Gasteiger partial charge in [-0.25, -0.2) is 8.78 Å². The number of nitrogens with one attached hydrogen (secondary N) is 1. The Hall–Kier alpha value is -1.26. The molecule has 1 aromatic carbocycles. The van der Waals surface area contributed by atoms with E-state index in [1.807, 2.05) is 19.1 Å². The van der Waals surface area contributed by atoms with Crippen molar-refractivity contribution in [1.29, 1.82) is 0 Å². The highest BCUT2D eigenvalue weighted by atomic mass is 32.1. The Morgan fingerprint density at radius 2 is 1.94 bits per heavy atom. The third kappa shape index (κ3) is 2.53. The van der Waals surface area contributed by atoms with Gasteiger partial charge in [-0.05, 0) is 32.2 Å². The van der Waals surface area contributed by atoms with Crippen LogP contribution in [0.1, 0.15) is 21.4 Å². The van der Waals surface area contributed by atoms with E-state index in [1.165, 1.54) is 17.0 Å². The predicted molar refractivity (Wildman–Crippen MR) is 66.3 cm³/mol. The van der Waals surface area contributed by atoms with E-state index >= 15 is 0 Å². The monoisotopic (exact) mass is 253 g/mol. The number of hydrogen-bond donors (Lipinski definition) is 1. The standard InChI is InChI=1S/C13H13F2NS/c1-8-3-6-12(17-8)13(16-2)10-5-4-9(14)7-11(10)15/h3-7,13,16H,1-2H3. The average molecular weight is 253 g/mol. The molecule has 4 heteroatoms. The fourth-order valence-corrected chi connectivity index (χ4v) is 2.80. The van der Waals surface area contributed by atoms with Crippen LogP contribution < -0.4 is 5.32 Å². The summed E-state index contributed by atoms with van der Waals surface area (Å²) in [6.07, 6.45) is 0. The zero-order chi connectivity index (χ0) is 12.4. The Morgan fingerprint density at radius 1 is 1.18 bits per heavy atom. The number of rotatable bonds is 3. The SMILES string of the molecule is CNC(c1ccc(C)s1)c1ccc(F)cc1F. The molecule has 0 fully saturated rings.